The molecule has 2 rings (SSSR count). The molecule has 2 aliphatic rings. The monoisotopic (exact) mass is 266 g/mol. The molecule has 0 saturated heterocycles. The average molecular weight is 266 g/mol. The molecule has 1 N–H and O–H groups in total. The zero-order chi connectivity index (χ0) is 13.7. The fourth-order valence-electron chi connectivity index (χ4n) is 3.60. The minimum absolute atomic E-state index is 0.248. The first kappa shape index (κ1) is 14.9. The van der Waals surface area contributed by atoms with Gasteiger partial charge in [-0.3, -0.25) is 0 Å². The standard InChI is InChI=1S/C16H30N2O/c1-4-12-17-15(14-9-5-8-13-19-14)16(18(2)3)10-6-7-11-16/h9,15,17H,4-8,10-13H2,1-3H3. The van der Waals surface area contributed by atoms with Crippen LogP contribution in [0.15, 0.2) is 11.8 Å². The van der Waals surface area contributed by atoms with Crippen LogP contribution in [-0.4, -0.2) is 43.7 Å². The van der Waals surface area contributed by atoms with Crippen molar-refractivity contribution in [3.8, 4) is 0 Å². The van der Waals surface area contributed by atoms with Gasteiger partial charge in [-0.15, -0.1) is 0 Å². The summed E-state index contributed by atoms with van der Waals surface area (Å²) in [5.41, 5.74) is 0.248. The van der Waals surface area contributed by atoms with Crippen LogP contribution in [0.4, 0.5) is 0 Å². The molecule has 1 atom stereocenters. The van der Waals surface area contributed by atoms with E-state index in [-0.39, 0.29) is 5.54 Å². The normalized spacial score (nSPS) is 24.1. The summed E-state index contributed by atoms with van der Waals surface area (Å²) >= 11 is 0. The van der Waals surface area contributed by atoms with Gasteiger partial charge in [0.1, 0.15) is 5.76 Å². The van der Waals surface area contributed by atoms with Crippen molar-refractivity contribution in [3.63, 3.8) is 0 Å². The second kappa shape index (κ2) is 6.76. The largest absolute Gasteiger partial charge is 0.497 e. The number of hydrogen-bond donors (Lipinski definition) is 1. The Hall–Kier alpha value is -0.540. The van der Waals surface area contributed by atoms with Gasteiger partial charge in [0.15, 0.2) is 0 Å². The van der Waals surface area contributed by atoms with Gasteiger partial charge in [0.05, 0.1) is 12.6 Å². The number of nitrogens with zero attached hydrogens (tertiary/aromatic N) is 1. The highest BCUT2D eigenvalue weighted by atomic mass is 16.5. The van der Waals surface area contributed by atoms with Crippen LogP contribution in [0, 0.1) is 0 Å². The molecule has 0 aromatic heterocycles. The Balaban J connectivity index is 2.21. The quantitative estimate of drug-likeness (QED) is 0.800. The van der Waals surface area contributed by atoms with E-state index in [1.807, 2.05) is 0 Å². The van der Waals surface area contributed by atoms with Gasteiger partial charge < -0.3 is 15.0 Å². The smallest absolute Gasteiger partial charge is 0.111 e. The van der Waals surface area contributed by atoms with Crippen LogP contribution in [0.2, 0.25) is 0 Å². The molecule has 0 aromatic carbocycles. The van der Waals surface area contributed by atoms with Crippen molar-refractivity contribution in [1.82, 2.24) is 10.2 Å². The summed E-state index contributed by atoms with van der Waals surface area (Å²) in [6.07, 6.45) is 11.1. The topological polar surface area (TPSA) is 24.5 Å². The highest BCUT2D eigenvalue weighted by Crippen LogP contribution is 2.39. The molecule has 3 nitrogen and oxygen atoms in total. The minimum atomic E-state index is 0.248. The van der Waals surface area contributed by atoms with Crippen LogP contribution in [0.3, 0.4) is 0 Å². The molecule has 1 aliphatic carbocycles. The average Bonchev–Trinajstić information content (AvgIpc) is 2.91. The van der Waals surface area contributed by atoms with E-state index in [1.54, 1.807) is 0 Å². The Labute approximate surface area is 118 Å². The Morgan fingerprint density at radius 3 is 2.58 bits per heavy atom. The van der Waals surface area contributed by atoms with Gasteiger partial charge in [0, 0.05) is 5.54 Å². The summed E-state index contributed by atoms with van der Waals surface area (Å²) in [5.74, 6) is 1.20. The van der Waals surface area contributed by atoms with Crippen LogP contribution in [0.1, 0.15) is 51.9 Å². The Bertz CT molecular complexity index is 306. The van der Waals surface area contributed by atoms with Crippen molar-refractivity contribution in [1.29, 1.82) is 0 Å². The summed E-state index contributed by atoms with van der Waals surface area (Å²) in [7, 11) is 4.46. The molecule has 0 bridgehead atoms. The van der Waals surface area contributed by atoms with E-state index in [9.17, 15) is 0 Å². The summed E-state index contributed by atoms with van der Waals surface area (Å²) in [4.78, 5) is 2.44. The SMILES string of the molecule is CCCNC(C1=CCCCO1)C1(N(C)C)CCCC1. The van der Waals surface area contributed by atoms with E-state index in [0.717, 1.165) is 13.2 Å². The first-order valence-electron chi connectivity index (χ1n) is 7.94. The molecular formula is C16H30N2O. The van der Waals surface area contributed by atoms with Gasteiger partial charge in [-0.05, 0) is 58.8 Å². The van der Waals surface area contributed by atoms with Crippen molar-refractivity contribution in [3.05, 3.63) is 11.8 Å². The van der Waals surface area contributed by atoms with Crippen molar-refractivity contribution in [2.45, 2.75) is 63.5 Å². The lowest BCUT2D eigenvalue weighted by atomic mass is 9.84. The fourth-order valence-corrected chi connectivity index (χ4v) is 3.60. The maximum absolute atomic E-state index is 6.00. The van der Waals surface area contributed by atoms with Crippen molar-refractivity contribution < 1.29 is 4.74 Å². The molecule has 0 aromatic rings. The third-order valence-electron chi connectivity index (χ3n) is 4.74. The number of allylic oxidation sites excluding steroid dienone is 1. The van der Waals surface area contributed by atoms with Crippen LogP contribution in [0.5, 0.6) is 0 Å². The molecule has 0 radical (unpaired) electrons. The second-order valence-electron chi connectivity index (χ2n) is 6.19. The maximum Gasteiger partial charge on any atom is 0.111 e. The zero-order valence-electron chi connectivity index (χ0n) is 12.9. The molecule has 1 saturated carbocycles. The molecular weight excluding hydrogens is 236 g/mol. The lowest BCUT2D eigenvalue weighted by molar-refractivity contribution is 0.0713. The Kier molecular flexibility index (Phi) is 5.28. The van der Waals surface area contributed by atoms with E-state index >= 15 is 0 Å². The fraction of sp³-hybridized carbons (Fsp3) is 0.875. The number of ether oxygens (including phenoxy) is 1. The van der Waals surface area contributed by atoms with Crippen LogP contribution >= 0.6 is 0 Å². The predicted octanol–water partition coefficient (Wildman–Crippen LogP) is 2.92. The Morgan fingerprint density at radius 2 is 2.05 bits per heavy atom. The first-order chi connectivity index (χ1) is 9.20. The molecule has 1 aliphatic heterocycles. The third kappa shape index (κ3) is 3.14. The van der Waals surface area contributed by atoms with Crippen molar-refractivity contribution >= 4 is 0 Å². The van der Waals surface area contributed by atoms with E-state index < -0.39 is 0 Å². The number of hydrogen-bond acceptors (Lipinski definition) is 3. The van der Waals surface area contributed by atoms with Crippen LogP contribution in [-0.2, 0) is 4.74 Å². The highest BCUT2D eigenvalue weighted by Gasteiger charge is 2.45. The summed E-state index contributed by atoms with van der Waals surface area (Å²) in [6.45, 7) is 4.19. The van der Waals surface area contributed by atoms with Gasteiger partial charge >= 0.3 is 0 Å². The number of rotatable bonds is 6. The van der Waals surface area contributed by atoms with Gasteiger partial charge in [-0.1, -0.05) is 19.8 Å². The molecule has 110 valence electrons. The molecule has 1 heterocycles. The number of likely N-dealkylation sites (N-methyl/N-ethyl adjacent to an activating group) is 1. The molecule has 3 heteroatoms. The van der Waals surface area contributed by atoms with Crippen LogP contribution < -0.4 is 5.32 Å². The van der Waals surface area contributed by atoms with E-state index in [2.05, 4.69) is 37.3 Å². The third-order valence-corrected chi connectivity index (χ3v) is 4.74. The van der Waals surface area contributed by atoms with Gasteiger partial charge in [0.25, 0.3) is 0 Å². The minimum Gasteiger partial charge on any atom is -0.497 e. The molecule has 1 unspecified atom stereocenters. The molecule has 1 fully saturated rings. The van der Waals surface area contributed by atoms with Crippen LogP contribution in [0.25, 0.3) is 0 Å². The lowest BCUT2D eigenvalue weighted by Crippen LogP contribution is -2.59. The molecule has 0 amide bonds. The lowest BCUT2D eigenvalue weighted by Gasteiger charge is -2.44. The number of nitrogens with one attached hydrogen (secondary N) is 1. The second-order valence-corrected chi connectivity index (χ2v) is 6.19. The predicted molar refractivity (Wildman–Crippen MR) is 80.2 cm³/mol. The molecule has 0 spiro atoms. The highest BCUT2D eigenvalue weighted by molar-refractivity contribution is 5.17. The van der Waals surface area contributed by atoms with Gasteiger partial charge in [-0.2, -0.15) is 0 Å². The Morgan fingerprint density at radius 1 is 1.32 bits per heavy atom. The first-order valence-corrected chi connectivity index (χ1v) is 7.94. The van der Waals surface area contributed by atoms with Gasteiger partial charge in [-0.25, -0.2) is 0 Å². The van der Waals surface area contributed by atoms with Crippen molar-refractivity contribution in [2.24, 2.45) is 0 Å². The van der Waals surface area contributed by atoms with E-state index in [1.165, 1.54) is 50.7 Å². The maximum atomic E-state index is 6.00. The van der Waals surface area contributed by atoms with E-state index in [4.69, 9.17) is 4.74 Å². The van der Waals surface area contributed by atoms with Crippen molar-refractivity contribution in [2.75, 3.05) is 27.2 Å². The van der Waals surface area contributed by atoms with E-state index in [0.29, 0.717) is 6.04 Å². The zero-order valence-corrected chi connectivity index (χ0v) is 12.9. The summed E-state index contributed by atoms with van der Waals surface area (Å²) < 4.78 is 6.00. The molecule has 19 heavy (non-hydrogen) atoms. The summed E-state index contributed by atoms with van der Waals surface area (Å²) in [5, 5.41) is 3.77. The summed E-state index contributed by atoms with van der Waals surface area (Å²) in [6, 6.07) is 0.366. The van der Waals surface area contributed by atoms with Gasteiger partial charge in [0.2, 0.25) is 0 Å².